The fraction of sp³-hybridized carbons (Fsp3) is 0.111. The highest BCUT2D eigenvalue weighted by Gasteiger charge is 1.90. The summed E-state index contributed by atoms with van der Waals surface area (Å²) >= 11 is 3.18. The standard InChI is InChI=1S/C9H6BrNO/c10-3-1-2-8-4-9(7-12)6-11-5-8/h4-7H,3H2. The van der Waals surface area contributed by atoms with Crippen LogP contribution in [0.2, 0.25) is 0 Å². The molecule has 0 aliphatic rings. The fourth-order valence-corrected chi connectivity index (χ4v) is 0.866. The minimum atomic E-state index is 0.552. The highest BCUT2D eigenvalue weighted by Crippen LogP contribution is 1.97. The molecule has 2 nitrogen and oxygen atoms in total. The molecule has 0 unspecified atom stereocenters. The first-order chi connectivity index (χ1) is 5.86. The Bertz CT molecular complexity index is 338. The van der Waals surface area contributed by atoms with Crippen molar-refractivity contribution in [3.05, 3.63) is 29.6 Å². The number of alkyl halides is 1. The molecule has 3 heteroatoms. The van der Waals surface area contributed by atoms with Gasteiger partial charge in [-0.2, -0.15) is 0 Å². The monoisotopic (exact) mass is 223 g/mol. The zero-order chi connectivity index (χ0) is 8.81. The summed E-state index contributed by atoms with van der Waals surface area (Å²) in [6.45, 7) is 0. The van der Waals surface area contributed by atoms with Crippen molar-refractivity contribution in [2.75, 3.05) is 5.33 Å². The molecule has 12 heavy (non-hydrogen) atoms. The van der Waals surface area contributed by atoms with Crippen LogP contribution in [0.4, 0.5) is 0 Å². The van der Waals surface area contributed by atoms with Gasteiger partial charge in [-0.3, -0.25) is 9.78 Å². The summed E-state index contributed by atoms with van der Waals surface area (Å²) < 4.78 is 0. The van der Waals surface area contributed by atoms with Crippen LogP contribution in [-0.2, 0) is 0 Å². The fourth-order valence-electron chi connectivity index (χ4n) is 0.726. The summed E-state index contributed by atoms with van der Waals surface area (Å²) in [6, 6.07) is 1.70. The van der Waals surface area contributed by atoms with Gasteiger partial charge in [-0.25, -0.2) is 0 Å². The van der Waals surface area contributed by atoms with Crippen molar-refractivity contribution in [2.45, 2.75) is 0 Å². The molecule has 0 radical (unpaired) electrons. The van der Waals surface area contributed by atoms with E-state index in [1.165, 1.54) is 6.20 Å². The van der Waals surface area contributed by atoms with Gasteiger partial charge in [0, 0.05) is 23.5 Å². The van der Waals surface area contributed by atoms with Crippen LogP contribution >= 0.6 is 15.9 Å². The Morgan fingerprint density at radius 2 is 2.42 bits per heavy atom. The van der Waals surface area contributed by atoms with Crippen molar-refractivity contribution >= 4 is 22.2 Å². The van der Waals surface area contributed by atoms with Crippen LogP contribution in [0.3, 0.4) is 0 Å². The zero-order valence-corrected chi connectivity index (χ0v) is 7.84. The largest absolute Gasteiger partial charge is 0.298 e. The molecule has 1 aromatic heterocycles. The lowest BCUT2D eigenvalue weighted by Crippen LogP contribution is -1.84. The predicted molar refractivity (Wildman–Crippen MR) is 50.3 cm³/mol. The average Bonchev–Trinajstić information content (AvgIpc) is 2.15. The molecule has 0 amide bonds. The second kappa shape index (κ2) is 4.68. The molecule has 0 spiro atoms. The molecule has 0 aliphatic carbocycles. The summed E-state index contributed by atoms with van der Waals surface area (Å²) in [7, 11) is 0. The molecular formula is C9H6BrNO. The minimum absolute atomic E-state index is 0.552. The zero-order valence-electron chi connectivity index (χ0n) is 6.25. The molecule has 0 atom stereocenters. The maximum absolute atomic E-state index is 10.3. The van der Waals surface area contributed by atoms with Gasteiger partial charge >= 0.3 is 0 Å². The third-order valence-electron chi connectivity index (χ3n) is 1.20. The third-order valence-corrected chi connectivity index (χ3v) is 1.48. The molecule has 0 saturated carbocycles. The van der Waals surface area contributed by atoms with Crippen LogP contribution < -0.4 is 0 Å². The van der Waals surface area contributed by atoms with E-state index in [2.05, 4.69) is 32.8 Å². The molecule has 60 valence electrons. The molecule has 0 aromatic carbocycles. The SMILES string of the molecule is O=Cc1cncc(C#CCBr)c1. The first-order valence-corrected chi connectivity index (χ1v) is 4.44. The van der Waals surface area contributed by atoms with E-state index in [4.69, 9.17) is 0 Å². The molecule has 0 fully saturated rings. The predicted octanol–water partition coefficient (Wildman–Crippen LogP) is 1.64. The van der Waals surface area contributed by atoms with Crippen molar-refractivity contribution in [2.24, 2.45) is 0 Å². The Morgan fingerprint density at radius 3 is 3.08 bits per heavy atom. The molecule has 1 heterocycles. The highest BCUT2D eigenvalue weighted by molar-refractivity contribution is 9.09. The molecule has 0 saturated heterocycles. The lowest BCUT2D eigenvalue weighted by atomic mass is 10.2. The third kappa shape index (κ3) is 2.48. The van der Waals surface area contributed by atoms with Crippen molar-refractivity contribution in [1.29, 1.82) is 0 Å². The van der Waals surface area contributed by atoms with Crippen molar-refractivity contribution in [3.63, 3.8) is 0 Å². The van der Waals surface area contributed by atoms with Crippen LogP contribution in [0.15, 0.2) is 18.5 Å². The van der Waals surface area contributed by atoms with Gasteiger partial charge in [0.25, 0.3) is 0 Å². The van der Waals surface area contributed by atoms with E-state index in [1.807, 2.05) is 0 Å². The Morgan fingerprint density at radius 1 is 1.58 bits per heavy atom. The Hall–Kier alpha value is -1.14. The summed E-state index contributed by atoms with van der Waals surface area (Å²) in [6.07, 6.45) is 3.89. The highest BCUT2D eigenvalue weighted by atomic mass is 79.9. The average molecular weight is 224 g/mol. The second-order valence-electron chi connectivity index (χ2n) is 2.06. The number of halogens is 1. The first kappa shape index (κ1) is 8.95. The van der Waals surface area contributed by atoms with Crippen LogP contribution in [0.5, 0.6) is 0 Å². The molecule has 0 aliphatic heterocycles. The Balaban J connectivity index is 2.93. The van der Waals surface area contributed by atoms with Gasteiger partial charge in [-0.05, 0) is 6.07 Å². The van der Waals surface area contributed by atoms with E-state index in [9.17, 15) is 4.79 Å². The number of carbonyl (C=O) groups excluding carboxylic acids is 1. The Labute approximate surface area is 79.1 Å². The molecule has 0 bridgehead atoms. The van der Waals surface area contributed by atoms with Crippen LogP contribution in [-0.4, -0.2) is 16.6 Å². The van der Waals surface area contributed by atoms with Crippen molar-refractivity contribution in [3.8, 4) is 11.8 Å². The van der Waals surface area contributed by atoms with Gasteiger partial charge in [-0.15, -0.1) is 0 Å². The number of nitrogens with zero attached hydrogens (tertiary/aromatic N) is 1. The van der Waals surface area contributed by atoms with Gasteiger partial charge in [0.1, 0.15) is 0 Å². The van der Waals surface area contributed by atoms with Gasteiger partial charge in [0.05, 0.1) is 5.33 Å². The van der Waals surface area contributed by atoms with E-state index in [-0.39, 0.29) is 0 Å². The van der Waals surface area contributed by atoms with E-state index in [0.717, 1.165) is 11.8 Å². The quantitative estimate of drug-likeness (QED) is 0.412. The lowest BCUT2D eigenvalue weighted by molar-refractivity contribution is 0.112. The second-order valence-corrected chi connectivity index (χ2v) is 2.62. The maximum atomic E-state index is 10.3. The van der Waals surface area contributed by atoms with Gasteiger partial charge in [-0.1, -0.05) is 27.8 Å². The van der Waals surface area contributed by atoms with E-state index < -0.39 is 0 Å². The summed E-state index contributed by atoms with van der Waals surface area (Å²) in [5.41, 5.74) is 1.32. The molecule has 1 aromatic rings. The number of aromatic nitrogens is 1. The normalized spacial score (nSPS) is 8.42. The summed E-state index contributed by atoms with van der Waals surface area (Å²) in [4.78, 5) is 14.2. The molecule has 0 N–H and O–H groups in total. The summed E-state index contributed by atoms with van der Waals surface area (Å²) in [5.74, 6) is 5.68. The molecular weight excluding hydrogens is 218 g/mol. The van der Waals surface area contributed by atoms with Crippen LogP contribution in [0, 0.1) is 11.8 Å². The van der Waals surface area contributed by atoms with E-state index >= 15 is 0 Å². The Kier molecular flexibility index (Phi) is 3.49. The minimum Gasteiger partial charge on any atom is -0.298 e. The number of aldehydes is 1. The summed E-state index contributed by atoms with van der Waals surface area (Å²) in [5, 5.41) is 0.623. The van der Waals surface area contributed by atoms with Gasteiger partial charge in [0.15, 0.2) is 6.29 Å². The van der Waals surface area contributed by atoms with Crippen LogP contribution in [0.25, 0.3) is 0 Å². The van der Waals surface area contributed by atoms with Crippen molar-refractivity contribution < 1.29 is 4.79 Å². The first-order valence-electron chi connectivity index (χ1n) is 3.32. The van der Waals surface area contributed by atoms with Crippen molar-refractivity contribution in [1.82, 2.24) is 4.98 Å². The van der Waals surface area contributed by atoms with Gasteiger partial charge in [0.2, 0.25) is 0 Å². The number of pyridine rings is 1. The number of rotatable bonds is 1. The molecule has 1 rings (SSSR count). The number of hydrogen-bond acceptors (Lipinski definition) is 2. The van der Waals surface area contributed by atoms with E-state index in [1.54, 1.807) is 12.3 Å². The smallest absolute Gasteiger partial charge is 0.151 e. The van der Waals surface area contributed by atoms with Crippen LogP contribution in [0.1, 0.15) is 15.9 Å². The number of carbonyl (C=O) groups is 1. The lowest BCUT2D eigenvalue weighted by Gasteiger charge is -1.89. The maximum Gasteiger partial charge on any atom is 0.151 e. The number of hydrogen-bond donors (Lipinski definition) is 0. The topological polar surface area (TPSA) is 30.0 Å². The van der Waals surface area contributed by atoms with Gasteiger partial charge < -0.3 is 0 Å². The van der Waals surface area contributed by atoms with E-state index in [0.29, 0.717) is 10.9 Å².